The number of imide groups is 1. The lowest BCUT2D eigenvalue weighted by molar-refractivity contribution is -0.376. The van der Waals surface area contributed by atoms with E-state index in [4.69, 9.17) is 9.47 Å². The second kappa shape index (κ2) is 10.9. The van der Waals surface area contributed by atoms with Crippen LogP contribution in [0, 0.1) is 0 Å². The molecule has 8 nitrogen and oxygen atoms in total. The number of fused-ring (bicyclic) bond motifs is 1. The highest BCUT2D eigenvalue weighted by Crippen LogP contribution is 2.50. The molecule has 0 aromatic heterocycles. The smallest absolute Gasteiger partial charge is 0.430 e. The molecule has 2 aromatic rings. The number of carbonyl (C=O) groups is 2. The summed E-state index contributed by atoms with van der Waals surface area (Å²) in [6.45, 7) is 3.69. The summed E-state index contributed by atoms with van der Waals surface area (Å²) >= 11 is 2.02. The summed E-state index contributed by atoms with van der Waals surface area (Å²) < 4.78 is 90.9. The van der Waals surface area contributed by atoms with Crippen molar-refractivity contribution in [1.29, 1.82) is 0 Å². The Bertz CT molecular complexity index is 1560. The molecule has 2 atom stereocenters. The van der Waals surface area contributed by atoms with Crippen molar-refractivity contribution in [3.05, 3.63) is 70.5 Å². The summed E-state index contributed by atoms with van der Waals surface area (Å²) in [7, 11) is 0. The van der Waals surface area contributed by atoms with Crippen LogP contribution in [0.4, 0.5) is 31.1 Å². The maximum absolute atomic E-state index is 13.6. The molecule has 5 rings (SSSR count). The number of ether oxygens (including phenoxy) is 2. The summed E-state index contributed by atoms with van der Waals surface area (Å²) in [4.78, 5) is 32.0. The van der Waals surface area contributed by atoms with Gasteiger partial charge in [-0.15, -0.1) is 0 Å². The van der Waals surface area contributed by atoms with E-state index in [1.807, 2.05) is 28.7 Å². The molecule has 3 amide bonds. The Morgan fingerprint density at radius 2 is 1.82 bits per heavy atom. The SMILES string of the molecule is CCc1cc(C(O)(C(F)(F)F)C(F)(F)F)ccc1OC1=CC(I)(CN2C(=O)NC(C)(c3ccc4c(c3)CCO4)C2=O)CN=C1. The number of nitrogens with one attached hydrogen (secondary N) is 1. The molecule has 1 saturated heterocycles. The first kappa shape index (κ1) is 32.1. The average molecular weight is 737 g/mol. The van der Waals surface area contributed by atoms with Crippen LogP contribution in [0.1, 0.15) is 36.1 Å². The number of dihydropyridines is 1. The Labute approximate surface area is 261 Å². The van der Waals surface area contributed by atoms with Crippen LogP contribution in [0.2, 0.25) is 0 Å². The Kier molecular flexibility index (Phi) is 7.96. The molecule has 2 aromatic carbocycles. The number of aliphatic imine (C=N–C) groups is 1. The van der Waals surface area contributed by atoms with Crippen molar-refractivity contribution in [3.8, 4) is 11.5 Å². The quantitative estimate of drug-likeness (QED) is 0.170. The zero-order valence-corrected chi connectivity index (χ0v) is 25.4. The van der Waals surface area contributed by atoms with Crippen LogP contribution < -0.4 is 14.8 Å². The van der Waals surface area contributed by atoms with E-state index in [1.165, 1.54) is 13.1 Å². The first-order chi connectivity index (χ1) is 20.4. The lowest BCUT2D eigenvalue weighted by Gasteiger charge is -2.33. The summed E-state index contributed by atoms with van der Waals surface area (Å²) in [5, 5.41) is 12.6. The molecule has 0 aliphatic carbocycles. The third kappa shape index (κ3) is 5.41. The van der Waals surface area contributed by atoms with Gasteiger partial charge in [-0.25, -0.2) is 4.79 Å². The number of urea groups is 1. The van der Waals surface area contributed by atoms with Gasteiger partial charge in [-0.3, -0.25) is 14.7 Å². The maximum Gasteiger partial charge on any atom is 0.430 e. The van der Waals surface area contributed by atoms with Crippen LogP contribution in [-0.4, -0.2) is 63.6 Å². The molecule has 3 heterocycles. The van der Waals surface area contributed by atoms with Crippen LogP contribution >= 0.6 is 22.6 Å². The van der Waals surface area contributed by atoms with Crippen LogP contribution in [0.25, 0.3) is 0 Å². The average Bonchev–Trinajstić information content (AvgIpc) is 3.49. The summed E-state index contributed by atoms with van der Waals surface area (Å²) in [5.41, 5.74) is -6.29. The van der Waals surface area contributed by atoms with Crippen LogP contribution in [0.15, 0.2) is 53.2 Å². The molecular weight excluding hydrogens is 711 g/mol. The van der Waals surface area contributed by atoms with E-state index < -0.39 is 44.4 Å². The second-order valence-corrected chi connectivity index (χ2v) is 13.1. The molecule has 0 radical (unpaired) electrons. The minimum absolute atomic E-state index is 0.0232. The molecule has 0 spiro atoms. The van der Waals surface area contributed by atoms with Crippen LogP contribution in [0.5, 0.6) is 11.5 Å². The van der Waals surface area contributed by atoms with Crippen molar-refractivity contribution in [2.24, 2.45) is 4.99 Å². The zero-order valence-electron chi connectivity index (χ0n) is 23.3. The number of benzene rings is 2. The van der Waals surface area contributed by atoms with Gasteiger partial charge in [0.05, 0.1) is 29.3 Å². The minimum Gasteiger partial charge on any atom is -0.493 e. The Hall–Kier alpha value is -3.34. The van der Waals surface area contributed by atoms with E-state index in [-0.39, 0.29) is 36.6 Å². The number of hydrogen-bond acceptors (Lipinski definition) is 6. The van der Waals surface area contributed by atoms with Gasteiger partial charge < -0.3 is 19.9 Å². The van der Waals surface area contributed by atoms with Gasteiger partial charge in [0, 0.05) is 12.0 Å². The molecule has 3 aliphatic rings. The zero-order chi connectivity index (χ0) is 32.3. The molecule has 44 heavy (non-hydrogen) atoms. The number of aryl methyl sites for hydroxylation is 1. The first-order valence-corrected chi connectivity index (χ1v) is 14.5. The second-order valence-electron chi connectivity index (χ2n) is 10.9. The van der Waals surface area contributed by atoms with Crippen molar-refractivity contribution < 1.29 is 50.5 Å². The lowest BCUT2D eigenvalue weighted by atomic mass is 9.90. The maximum atomic E-state index is 13.6. The summed E-state index contributed by atoms with van der Waals surface area (Å²) in [6.07, 6.45) is -8.48. The molecule has 2 N–H and O–H groups in total. The van der Waals surface area contributed by atoms with E-state index in [0.29, 0.717) is 30.7 Å². The van der Waals surface area contributed by atoms with E-state index in [2.05, 4.69) is 10.3 Å². The van der Waals surface area contributed by atoms with Gasteiger partial charge in [0.25, 0.3) is 11.5 Å². The topological polar surface area (TPSA) is 100 Å². The van der Waals surface area contributed by atoms with Gasteiger partial charge in [-0.2, -0.15) is 26.3 Å². The largest absolute Gasteiger partial charge is 0.493 e. The predicted molar refractivity (Wildman–Crippen MR) is 154 cm³/mol. The number of hydrogen-bond donors (Lipinski definition) is 2. The van der Waals surface area contributed by atoms with Gasteiger partial charge >= 0.3 is 18.4 Å². The Morgan fingerprint density at radius 1 is 1.11 bits per heavy atom. The molecule has 0 saturated carbocycles. The highest BCUT2D eigenvalue weighted by Gasteiger charge is 2.71. The highest BCUT2D eigenvalue weighted by atomic mass is 127. The molecular formula is C29H26F6IN3O5. The molecule has 2 unspecified atom stereocenters. The van der Waals surface area contributed by atoms with E-state index in [1.54, 1.807) is 25.1 Å². The third-order valence-electron chi connectivity index (χ3n) is 7.84. The fourth-order valence-electron chi connectivity index (χ4n) is 5.37. The number of aliphatic hydroxyl groups is 1. The van der Waals surface area contributed by atoms with Crippen molar-refractivity contribution >= 4 is 40.7 Å². The number of allylic oxidation sites excluding steroid dienone is 1. The van der Waals surface area contributed by atoms with Gasteiger partial charge in [0.1, 0.15) is 22.8 Å². The third-order valence-corrected chi connectivity index (χ3v) is 8.84. The molecule has 3 aliphatic heterocycles. The fraction of sp³-hybridized carbons (Fsp3) is 0.414. The van der Waals surface area contributed by atoms with Crippen molar-refractivity contribution in [1.82, 2.24) is 10.2 Å². The van der Waals surface area contributed by atoms with E-state index in [9.17, 15) is 41.0 Å². The van der Waals surface area contributed by atoms with Gasteiger partial charge in [0.2, 0.25) is 0 Å². The van der Waals surface area contributed by atoms with Gasteiger partial charge in [-0.05, 0) is 60.4 Å². The normalized spacial score (nSPS) is 23.8. The molecule has 0 bridgehead atoms. The monoisotopic (exact) mass is 737 g/mol. The number of halogens is 7. The molecule has 1 fully saturated rings. The first-order valence-electron chi connectivity index (χ1n) is 13.4. The van der Waals surface area contributed by atoms with Gasteiger partial charge in [0.15, 0.2) is 0 Å². The Morgan fingerprint density at radius 3 is 2.48 bits per heavy atom. The number of nitrogens with zero attached hydrogens (tertiary/aromatic N) is 2. The lowest BCUT2D eigenvalue weighted by Crippen LogP contribution is -2.53. The van der Waals surface area contributed by atoms with Gasteiger partial charge in [-0.1, -0.05) is 41.6 Å². The van der Waals surface area contributed by atoms with E-state index in [0.717, 1.165) is 22.3 Å². The standard InChI is InChI=1S/C29H26F6IN3O5/c1-3-16-10-19(27(42,28(30,31)32)29(33,34)35)5-7-22(16)44-20-12-26(36,14-37-13-20)15-39-23(40)25(2,38-24(39)41)18-4-6-21-17(11-18)8-9-43-21/h4-7,10-13,42H,3,8-9,14-15H2,1-2H3,(H,38,41). The number of alkyl halides is 7. The minimum atomic E-state index is -6.03. The fourth-order valence-corrected chi connectivity index (χ4v) is 6.21. The van der Waals surface area contributed by atoms with Crippen molar-refractivity contribution in [3.63, 3.8) is 0 Å². The predicted octanol–water partition coefficient (Wildman–Crippen LogP) is 5.48. The van der Waals surface area contributed by atoms with Crippen LogP contribution in [0.3, 0.4) is 0 Å². The van der Waals surface area contributed by atoms with Crippen LogP contribution in [-0.2, 0) is 28.8 Å². The number of amides is 3. The van der Waals surface area contributed by atoms with Crippen molar-refractivity contribution in [2.45, 2.75) is 53.6 Å². The summed E-state index contributed by atoms with van der Waals surface area (Å²) in [6, 6.07) is 6.74. The Balaban J connectivity index is 1.37. The molecule has 15 heteroatoms. The van der Waals surface area contributed by atoms with E-state index >= 15 is 0 Å². The molecule has 236 valence electrons. The number of carbonyl (C=O) groups excluding carboxylic acids is 2. The highest BCUT2D eigenvalue weighted by molar-refractivity contribution is 14.1. The number of rotatable bonds is 7. The van der Waals surface area contributed by atoms with Crippen molar-refractivity contribution in [2.75, 3.05) is 19.7 Å². The summed E-state index contributed by atoms with van der Waals surface area (Å²) in [5.74, 6) is 0.300.